The maximum absolute atomic E-state index is 12.2. The Hall–Kier alpha value is -1.36. The van der Waals surface area contributed by atoms with Crippen molar-refractivity contribution in [3.05, 3.63) is 12.2 Å². The summed E-state index contributed by atoms with van der Waals surface area (Å²) in [7, 11) is 0. The molecule has 2 N–H and O–H groups in total. The number of carbonyl (C=O) groups is 2. The Bertz CT molecular complexity index is 607. The number of carbonyl (C=O) groups excluding carboxylic acids is 2. The van der Waals surface area contributed by atoms with E-state index in [0.717, 1.165) is 38.5 Å². The lowest BCUT2D eigenvalue weighted by Gasteiger charge is -2.16. The zero-order valence-electron chi connectivity index (χ0n) is 28.2. The minimum Gasteiger partial charge on any atom is -0.462 e. The number of ether oxygens (including phenoxy) is 2. The lowest BCUT2D eigenvalue weighted by Crippen LogP contribution is -2.32. The van der Waals surface area contributed by atoms with Crippen LogP contribution in [0.15, 0.2) is 12.2 Å². The van der Waals surface area contributed by atoms with Crippen molar-refractivity contribution in [1.29, 1.82) is 0 Å². The first kappa shape index (κ1) is 40.6. The molecule has 0 aromatic heterocycles. The van der Waals surface area contributed by atoms with Crippen molar-refractivity contribution >= 4 is 11.9 Å². The van der Waals surface area contributed by atoms with Crippen LogP contribution in [0.4, 0.5) is 0 Å². The molecule has 1 unspecified atom stereocenters. The Morgan fingerprint density at radius 2 is 0.881 bits per heavy atom. The van der Waals surface area contributed by atoms with E-state index in [1.54, 1.807) is 0 Å². The van der Waals surface area contributed by atoms with Crippen LogP contribution < -0.4 is 5.73 Å². The summed E-state index contributed by atoms with van der Waals surface area (Å²) in [5, 5.41) is 0. The molecule has 5 nitrogen and oxygen atoms in total. The van der Waals surface area contributed by atoms with E-state index >= 15 is 0 Å². The molecule has 0 aromatic carbocycles. The van der Waals surface area contributed by atoms with Gasteiger partial charge in [-0.05, 0) is 38.5 Å². The van der Waals surface area contributed by atoms with Gasteiger partial charge in [0.2, 0.25) is 0 Å². The fourth-order valence-corrected chi connectivity index (χ4v) is 5.28. The minimum absolute atomic E-state index is 0.0614. The van der Waals surface area contributed by atoms with Gasteiger partial charge in [-0.3, -0.25) is 9.59 Å². The molecule has 42 heavy (non-hydrogen) atoms. The average Bonchev–Trinajstić information content (AvgIpc) is 2.99. The predicted octanol–water partition coefficient (Wildman–Crippen LogP) is 10.9. The summed E-state index contributed by atoms with van der Waals surface area (Å²) in [5.74, 6) is -0.458. The van der Waals surface area contributed by atoms with Gasteiger partial charge in [-0.25, -0.2) is 0 Å². The molecule has 0 aromatic rings. The summed E-state index contributed by atoms with van der Waals surface area (Å²) in [6.45, 7) is 4.76. The standard InChI is InChI=1S/C37H71NO4/c1-3-5-7-9-11-13-15-17-18-20-22-24-26-28-30-32-37(40)42-35(33-38)34-41-36(39)31-29-27-25-23-21-19-16-14-12-10-8-6-4-2/h17-18,35H,3-16,19-34,38H2,1-2H3/b18-17-. The van der Waals surface area contributed by atoms with Gasteiger partial charge in [-0.2, -0.15) is 0 Å². The topological polar surface area (TPSA) is 78.6 Å². The molecular weight excluding hydrogens is 522 g/mol. The number of hydrogen-bond donors (Lipinski definition) is 1. The van der Waals surface area contributed by atoms with E-state index in [9.17, 15) is 9.59 Å². The van der Waals surface area contributed by atoms with Gasteiger partial charge in [0.15, 0.2) is 0 Å². The molecule has 0 radical (unpaired) electrons. The van der Waals surface area contributed by atoms with E-state index in [-0.39, 0.29) is 25.1 Å². The summed E-state index contributed by atoms with van der Waals surface area (Å²) in [6.07, 6.45) is 37.6. The van der Waals surface area contributed by atoms with Crippen molar-refractivity contribution in [3.8, 4) is 0 Å². The van der Waals surface area contributed by atoms with E-state index in [4.69, 9.17) is 15.2 Å². The zero-order chi connectivity index (χ0) is 30.8. The molecule has 0 saturated heterocycles. The first-order valence-corrected chi connectivity index (χ1v) is 18.3. The predicted molar refractivity (Wildman–Crippen MR) is 180 cm³/mol. The van der Waals surface area contributed by atoms with Crippen molar-refractivity contribution in [1.82, 2.24) is 0 Å². The smallest absolute Gasteiger partial charge is 0.306 e. The molecule has 0 amide bonds. The second-order valence-electron chi connectivity index (χ2n) is 12.4. The Morgan fingerprint density at radius 1 is 0.524 bits per heavy atom. The molecule has 0 aliphatic carbocycles. The summed E-state index contributed by atoms with van der Waals surface area (Å²) in [6, 6.07) is 0. The van der Waals surface area contributed by atoms with Gasteiger partial charge >= 0.3 is 11.9 Å². The third kappa shape index (κ3) is 31.6. The van der Waals surface area contributed by atoms with Gasteiger partial charge < -0.3 is 15.2 Å². The van der Waals surface area contributed by atoms with E-state index in [1.807, 2.05) is 0 Å². The largest absolute Gasteiger partial charge is 0.462 e. The van der Waals surface area contributed by atoms with Gasteiger partial charge in [0, 0.05) is 19.4 Å². The molecule has 0 aliphatic rings. The molecule has 0 fully saturated rings. The molecule has 0 aliphatic heterocycles. The normalized spacial score (nSPS) is 12.2. The molecule has 0 rings (SSSR count). The van der Waals surface area contributed by atoms with Crippen molar-refractivity contribution in [2.45, 2.75) is 200 Å². The molecule has 248 valence electrons. The van der Waals surface area contributed by atoms with Crippen LogP contribution in [-0.4, -0.2) is 31.2 Å². The number of rotatable bonds is 33. The van der Waals surface area contributed by atoms with Gasteiger partial charge in [-0.15, -0.1) is 0 Å². The van der Waals surface area contributed by atoms with Gasteiger partial charge in [0.05, 0.1) is 0 Å². The van der Waals surface area contributed by atoms with Crippen LogP contribution >= 0.6 is 0 Å². The SMILES string of the molecule is CCCCCCCC/C=C\CCCCCCCC(=O)OC(CN)COC(=O)CCCCCCCCCCCCCCC. The fourth-order valence-electron chi connectivity index (χ4n) is 5.28. The highest BCUT2D eigenvalue weighted by Gasteiger charge is 2.15. The molecular formula is C37H71NO4. The van der Waals surface area contributed by atoms with E-state index in [1.165, 1.54) is 128 Å². The Balaban J connectivity index is 3.55. The Morgan fingerprint density at radius 3 is 1.29 bits per heavy atom. The zero-order valence-corrected chi connectivity index (χ0v) is 28.2. The van der Waals surface area contributed by atoms with Crippen molar-refractivity contribution < 1.29 is 19.1 Å². The molecule has 0 saturated carbocycles. The van der Waals surface area contributed by atoms with E-state index < -0.39 is 6.10 Å². The van der Waals surface area contributed by atoms with Crippen molar-refractivity contribution in [2.75, 3.05) is 13.2 Å². The van der Waals surface area contributed by atoms with E-state index in [2.05, 4.69) is 26.0 Å². The lowest BCUT2D eigenvalue weighted by molar-refractivity contribution is -0.158. The fraction of sp³-hybridized carbons (Fsp3) is 0.892. The van der Waals surface area contributed by atoms with Crippen molar-refractivity contribution in [3.63, 3.8) is 0 Å². The van der Waals surface area contributed by atoms with Crippen LogP contribution in [0.25, 0.3) is 0 Å². The summed E-state index contributed by atoms with van der Waals surface area (Å²) in [4.78, 5) is 24.2. The lowest BCUT2D eigenvalue weighted by atomic mass is 10.0. The number of esters is 2. The summed E-state index contributed by atoms with van der Waals surface area (Å²) >= 11 is 0. The number of nitrogens with two attached hydrogens (primary N) is 1. The van der Waals surface area contributed by atoms with Crippen LogP contribution in [-0.2, 0) is 19.1 Å². The third-order valence-corrected chi connectivity index (χ3v) is 8.12. The highest BCUT2D eigenvalue weighted by molar-refractivity contribution is 5.70. The second kappa shape index (κ2) is 34.1. The minimum atomic E-state index is -0.545. The molecule has 0 heterocycles. The summed E-state index contributed by atoms with van der Waals surface area (Å²) < 4.78 is 10.8. The number of unbranched alkanes of at least 4 members (excludes halogenated alkanes) is 23. The number of hydrogen-bond acceptors (Lipinski definition) is 5. The first-order chi connectivity index (χ1) is 20.6. The molecule has 0 spiro atoms. The average molecular weight is 594 g/mol. The van der Waals surface area contributed by atoms with Crippen LogP contribution in [0, 0.1) is 0 Å². The molecule has 5 heteroatoms. The van der Waals surface area contributed by atoms with Crippen LogP contribution in [0.3, 0.4) is 0 Å². The Kier molecular flexibility index (Phi) is 33.0. The molecule has 0 bridgehead atoms. The van der Waals surface area contributed by atoms with Crippen LogP contribution in [0.2, 0.25) is 0 Å². The Labute approximate surface area is 261 Å². The summed E-state index contributed by atoms with van der Waals surface area (Å²) in [5.41, 5.74) is 5.74. The highest BCUT2D eigenvalue weighted by atomic mass is 16.6. The quantitative estimate of drug-likeness (QED) is 0.0465. The highest BCUT2D eigenvalue weighted by Crippen LogP contribution is 2.14. The van der Waals surface area contributed by atoms with Gasteiger partial charge in [-0.1, -0.05) is 154 Å². The number of allylic oxidation sites excluding steroid dienone is 2. The van der Waals surface area contributed by atoms with E-state index in [0.29, 0.717) is 12.8 Å². The van der Waals surface area contributed by atoms with Gasteiger partial charge in [0.25, 0.3) is 0 Å². The van der Waals surface area contributed by atoms with Gasteiger partial charge in [0.1, 0.15) is 12.7 Å². The maximum atomic E-state index is 12.2. The van der Waals surface area contributed by atoms with Crippen LogP contribution in [0.5, 0.6) is 0 Å². The third-order valence-electron chi connectivity index (χ3n) is 8.12. The van der Waals surface area contributed by atoms with Crippen LogP contribution in [0.1, 0.15) is 194 Å². The maximum Gasteiger partial charge on any atom is 0.306 e. The first-order valence-electron chi connectivity index (χ1n) is 18.3. The second-order valence-corrected chi connectivity index (χ2v) is 12.4. The monoisotopic (exact) mass is 594 g/mol. The van der Waals surface area contributed by atoms with Crippen molar-refractivity contribution in [2.24, 2.45) is 5.73 Å². The molecule has 1 atom stereocenters.